The summed E-state index contributed by atoms with van der Waals surface area (Å²) < 4.78 is 1.31. The smallest absolute Gasteiger partial charge is 0.0215 e. The third-order valence-corrected chi connectivity index (χ3v) is 5.57. The molecule has 1 aliphatic rings. The molecular weight excluding hydrogens is 391 g/mol. The highest BCUT2D eigenvalue weighted by atomic mass is 127. The van der Waals surface area contributed by atoms with Crippen LogP contribution in [0.1, 0.15) is 16.7 Å². The lowest BCUT2D eigenvalue weighted by Crippen LogP contribution is -1.89. The van der Waals surface area contributed by atoms with E-state index in [4.69, 9.17) is 0 Å². The van der Waals surface area contributed by atoms with Crippen LogP contribution in [0.15, 0.2) is 72.8 Å². The highest BCUT2D eigenvalue weighted by molar-refractivity contribution is 14.1. The van der Waals surface area contributed by atoms with Crippen molar-refractivity contribution in [1.29, 1.82) is 0 Å². The first kappa shape index (κ1) is 13.3. The molecule has 0 bridgehead atoms. The average Bonchev–Trinajstić information content (AvgIpc) is 2.96. The van der Waals surface area contributed by atoms with E-state index in [9.17, 15) is 0 Å². The summed E-state index contributed by atoms with van der Waals surface area (Å²) in [6.07, 6.45) is 2.34. The molecule has 0 amide bonds. The maximum Gasteiger partial charge on any atom is 0.0215 e. The highest BCUT2D eigenvalue weighted by Crippen LogP contribution is 2.42. The summed E-state index contributed by atoms with van der Waals surface area (Å²) in [5, 5.41) is 5.36. The van der Waals surface area contributed by atoms with Gasteiger partial charge in [-0.2, -0.15) is 0 Å². The van der Waals surface area contributed by atoms with E-state index in [2.05, 4.69) is 101 Å². The third-order valence-electron chi connectivity index (χ3n) is 4.67. The standard InChI is InChI=1S/C22H13I/c23-20-12-4-8-15-7-3-11-18(22(15)20)19-13-16-9-1-5-14-6-2-10-17(19)21(14)16/h1-13H. The molecule has 0 saturated heterocycles. The van der Waals surface area contributed by atoms with Crippen LogP contribution < -0.4 is 0 Å². The van der Waals surface area contributed by atoms with E-state index >= 15 is 0 Å². The van der Waals surface area contributed by atoms with Crippen LogP contribution in [0, 0.1) is 3.57 Å². The molecule has 0 fully saturated rings. The van der Waals surface area contributed by atoms with Gasteiger partial charge in [-0.15, -0.1) is 0 Å². The molecule has 0 radical (unpaired) electrons. The van der Waals surface area contributed by atoms with E-state index in [0.29, 0.717) is 0 Å². The molecule has 0 N–H and O–H groups in total. The second-order valence-corrected chi connectivity index (χ2v) is 7.11. The summed E-state index contributed by atoms with van der Waals surface area (Å²) in [4.78, 5) is 0. The quantitative estimate of drug-likeness (QED) is 0.280. The Kier molecular flexibility index (Phi) is 2.86. The topological polar surface area (TPSA) is 0 Å². The molecule has 0 unspecified atom stereocenters. The van der Waals surface area contributed by atoms with Gasteiger partial charge < -0.3 is 0 Å². The highest BCUT2D eigenvalue weighted by Gasteiger charge is 2.19. The average molecular weight is 404 g/mol. The van der Waals surface area contributed by atoms with Crippen LogP contribution in [0.2, 0.25) is 0 Å². The first-order valence-corrected chi connectivity index (χ1v) is 8.82. The van der Waals surface area contributed by atoms with E-state index in [1.165, 1.54) is 47.4 Å². The monoisotopic (exact) mass is 404 g/mol. The number of rotatable bonds is 1. The molecule has 1 heteroatoms. The molecular formula is C22H13I. The number of hydrogen-bond donors (Lipinski definition) is 0. The number of fused-ring (bicyclic) bond motifs is 1. The van der Waals surface area contributed by atoms with Crippen molar-refractivity contribution in [1.82, 2.24) is 0 Å². The second kappa shape index (κ2) is 4.93. The molecule has 23 heavy (non-hydrogen) atoms. The normalized spacial score (nSPS) is 12.8. The summed E-state index contributed by atoms with van der Waals surface area (Å²) >= 11 is 2.45. The van der Waals surface area contributed by atoms with Gasteiger partial charge in [0, 0.05) is 8.96 Å². The maximum atomic E-state index is 2.45. The van der Waals surface area contributed by atoms with Gasteiger partial charge in [0.2, 0.25) is 0 Å². The van der Waals surface area contributed by atoms with Gasteiger partial charge in [-0.25, -0.2) is 0 Å². The maximum absolute atomic E-state index is 2.45. The van der Waals surface area contributed by atoms with Crippen molar-refractivity contribution >= 4 is 55.8 Å². The summed E-state index contributed by atoms with van der Waals surface area (Å²) in [6.45, 7) is 0. The fraction of sp³-hybridized carbons (Fsp3) is 0. The number of halogens is 1. The van der Waals surface area contributed by atoms with Crippen LogP contribution in [0.3, 0.4) is 0 Å². The summed E-state index contributed by atoms with van der Waals surface area (Å²) in [5.41, 5.74) is 5.35. The van der Waals surface area contributed by atoms with Gasteiger partial charge in [-0.1, -0.05) is 66.7 Å². The van der Waals surface area contributed by atoms with Crippen molar-refractivity contribution in [2.24, 2.45) is 0 Å². The van der Waals surface area contributed by atoms with E-state index in [-0.39, 0.29) is 0 Å². The molecule has 0 saturated carbocycles. The zero-order valence-electron chi connectivity index (χ0n) is 12.4. The molecule has 1 aliphatic carbocycles. The first-order chi connectivity index (χ1) is 11.3. The Morgan fingerprint density at radius 1 is 0.565 bits per heavy atom. The molecule has 108 valence electrons. The van der Waals surface area contributed by atoms with Gasteiger partial charge in [0.25, 0.3) is 0 Å². The number of benzene rings is 4. The molecule has 4 aromatic carbocycles. The van der Waals surface area contributed by atoms with Crippen molar-refractivity contribution < 1.29 is 0 Å². The SMILES string of the molecule is Ic1cccc2cccc(C3=Cc4cccc5cccc3c45)c12. The number of hydrogen-bond acceptors (Lipinski definition) is 0. The summed E-state index contributed by atoms with van der Waals surface area (Å²) in [6, 6.07) is 26.3. The third kappa shape index (κ3) is 1.89. The van der Waals surface area contributed by atoms with Gasteiger partial charge in [0.15, 0.2) is 0 Å². The lowest BCUT2D eigenvalue weighted by atomic mass is 9.94. The Morgan fingerprint density at radius 3 is 1.87 bits per heavy atom. The Labute approximate surface area is 148 Å². The molecule has 0 atom stereocenters. The molecule has 0 aromatic heterocycles. The van der Waals surface area contributed by atoms with Gasteiger partial charge in [-0.3, -0.25) is 0 Å². The van der Waals surface area contributed by atoms with Crippen molar-refractivity contribution in [2.75, 3.05) is 0 Å². The summed E-state index contributed by atoms with van der Waals surface area (Å²) in [7, 11) is 0. The lowest BCUT2D eigenvalue weighted by molar-refractivity contribution is 1.63. The van der Waals surface area contributed by atoms with Crippen LogP contribution >= 0.6 is 22.6 Å². The molecule has 0 heterocycles. The molecule has 5 rings (SSSR count). The van der Waals surface area contributed by atoms with Crippen molar-refractivity contribution in [3.05, 3.63) is 93.1 Å². The van der Waals surface area contributed by atoms with Gasteiger partial charge in [0.1, 0.15) is 0 Å². The fourth-order valence-electron chi connectivity index (χ4n) is 3.69. The van der Waals surface area contributed by atoms with Gasteiger partial charge in [-0.05, 0) is 73.2 Å². The molecule has 0 aliphatic heterocycles. The Morgan fingerprint density at radius 2 is 1.13 bits per heavy atom. The molecule has 4 aromatic rings. The van der Waals surface area contributed by atoms with Crippen LogP contribution in [0.25, 0.3) is 33.2 Å². The minimum absolute atomic E-state index is 1.30. The zero-order chi connectivity index (χ0) is 15.4. The van der Waals surface area contributed by atoms with Crippen molar-refractivity contribution in [2.45, 2.75) is 0 Å². The predicted molar refractivity (Wildman–Crippen MR) is 108 cm³/mol. The minimum atomic E-state index is 1.30. The largest absolute Gasteiger partial charge is 0.0610 e. The van der Waals surface area contributed by atoms with Crippen LogP contribution in [-0.2, 0) is 0 Å². The van der Waals surface area contributed by atoms with E-state index in [1.807, 2.05) is 0 Å². The second-order valence-electron chi connectivity index (χ2n) is 5.95. The molecule has 0 spiro atoms. The van der Waals surface area contributed by atoms with Gasteiger partial charge in [0.05, 0.1) is 0 Å². The van der Waals surface area contributed by atoms with E-state index in [1.54, 1.807) is 0 Å². The first-order valence-electron chi connectivity index (χ1n) is 7.74. The lowest BCUT2D eigenvalue weighted by Gasteiger charge is -2.11. The fourth-order valence-corrected chi connectivity index (χ4v) is 4.50. The van der Waals surface area contributed by atoms with Crippen molar-refractivity contribution in [3.8, 4) is 0 Å². The van der Waals surface area contributed by atoms with Crippen LogP contribution in [0.5, 0.6) is 0 Å². The van der Waals surface area contributed by atoms with Crippen LogP contribution in [-0.4, -0.2) is 0 Å². The van der Waals surface area contributed by atoms with Crippen molar-refractivity contribution in [3.63, 3.8) is 0 Å². The molecule has 0 nitrogen and oxygen atoms in total. The van der Waals surface area contributed by atoms with E-state index < -0.39 is 0 Å². The minimum Gasteiger partial charge on any atom is -0.0610 e. The Balaban J connectivity index is 1.88. The van der Waals surface area contributed by atoms with Crippen LogP contribution in [0.4, 0.5) is 0 Å². The Hall–Kier alpha value is -2.13. The van der Waals surface area contributed by atoms with Gasteiger partial charge >= 0.3 is 0 Å². The Bertz CT molecular complexity index is 1110. The van der Waals surface area contributed by atoms with E-state index in [0.717, 1.165) is 0 Å². The predicted octanol–water partition coefficient (Wildman–Crippen LogP) is 6.50. The zero-order valence-corrected chi connectivity index (χ0v) is 14.5. The summed E-state index contributed by atoms with van der Waals surface area (Å²) in [5.74, 6) is 0.